The molecule has 6 nitrogen and oxygen atoms in total. The van der Waals surface area contributed by atoms with E-state index < -0.39 is 0 Å². The second kappa shape index (κ2) is 8.61. The van der Waals surface area contributed by atoms with Crippen molar-refractivity contribution in [1.82, 2.24) is 24.9 Å². The van der Waals surface area contributed by atoms with Gasteiger partial charge in [-0.1, -0.05) is 71.9 Å². The third-order valence-electron chi connectivity index (χ3n) is 4.54. The maximum absolute atomic E-state index is 5.46. The molecule has 0 fully saturated rings. The SMILES string of the molecule is CCCc1noc(C(C)Sc2nnc(-c3ccccc3)n2-c2ccc(C)cc2)n1. The van der Waals surface area contributed by atoms with Gasteiger partial charge in [0.05, 0.1) is 5.25 Å². The van der Waals surface area contributed by atoms with Crippen LogP contribution in [0, 0.1) is 6.92 Å². The van der Waals surface area contributed by atoms with Crippen molar-refractivity contribution < 1.29 is 4.52 Å². The number of benzene rings is 2. The molecule has 4 aromatic rings. The molecule has 0 amide bonds. The molecule has 2 heterocycles. The first kappa shape index (κ1) is 19.4. The summed E-state index contributed by atoms with van der Waals surface area (Å²) in [5, 5.41) is 13.8. The number of thioether (sulfide) groups is 1. The summed E-state index contributed by atoms with van der Waals surface area (Å²) in [4.78, 5) is 4.52. The largest absolute Gasteiger partial charge is 0.338 e. The molecule has 0 N–H and O–H groups in total. The van der Waals surface area contributed by atoms with Gasteiger partial charge in [0.15, 0.2) is 16.8 Å². The lowest BCUT2D eigenvalue weighted by Crippen LogP contribution is -2.01. The van der Waals surface area contributed by atoms with Crippen LogP contribution in [0.25, 0.3) is 17.1 Å². The number of hydrogen-bond donors (Lipinski definition) is 0. The molecule has 0 radical (unpaired) electrons. The fraction of sp³-hybridized carbons (Fsp3) is 0.273. The minimum atomic E-state index is -0.0369. The first-order chi connectivity index (χ1) is 14.2. The maximum Gasteiger partial charge on any atom is 0.239 e. The molecule has 29 heavy (non-hydrogen) atoms. The van der Waals surface area contributed by atoms with Gasteiger partial charge in [0.2, 0.25) is 5.89 Å². The van der Waals surface area contributed by atoms with E-state index in [1.54, 1.807) is 11.8 Å². The van der Waals surface area contributed by atoms with Gasteiger partial charge in [-0.15, -0.1) is 10.2 Å². The van der Waals surface area contributed by atoms with Crippen LogP contribution < -0.4 is 0 Å². The quantitative estimate of drug-likeness (QED) is 0.382. The van der Waals surface area contributed by atoms with Crippen LogP contribution in [0.3, 0.4) is 0 Å². The summed E-state index contributed by atoms with van der Waals surface area (Å²) < 4.78 is 7.55. The molecule has 2 aromatic heterocycles. The highest BCUT2D eigenvalue weighted by Gasteiger charge is 2.22. The van der Waals surface area contributed by atoms with E-state index in [1.807, 2.05) is 37.3 Å². The van der Waals surface area contributed by atoms with Gasteiger partial charge in [0, 0.05) is 17.7 Å². The van der Waals surface area contributed by atoms with Crippen LogP contribution >= 0.6 is 11.8 Å². The van der Waals surface area contributed by atoms with Gasteiger partial charge in [0.1, 0.15) is 0 Å². The Bertz CT molecular complexity index is 1070. The highest BCUT2D eigenvalue weighted by atomic mass is 32.2. The molecule has 7 heteroatoms. The van der Waals surface area contributed by atoms with Crippen LogP contribution in [0.15, 0.2) is 64.3 Å². The Balaban J connectivity index is 1.71. The molecular formula is C22H23N5OS. The summed E-state index contributed by atoms with van der Waals surface area (Å²) in [6, 6.07) is 18.5. The molecule has 148 valence electrons. The summed E-state index contributed by atoms with van der Waals surface area (Å²) in [5.74, 6) is 2.17. The molecule has 0 saturated heterocycles. The van der Waals surface area contributed by atoms with Crippen LogP contribution in [0.5, 0.6) is 0 Å². The Kier molecular flexibility index (Phi) is 5.76. The molecule has 4 rings (SSSR count). The molecule has 1 atom stereocenters. The minimum Gasteiger partial charge on any atom is -0.338 e. The second-order valence-corrected chi connectivity index (χ2v) is 8.21. The third-order valence-corrected chi connectivity index (χ3v) is 5.58. The lowest BCUT2D eigenvalue weighted by Gasteiger charge is -2.12. The highest BCUT2D eigenvalue weighted by Crippen LogP contribution is 2.36. The van der Waals surface area contributed by atoms with E-state index in [2.05, 4.69) is 63.0 Å². The maximum atomic E-state index is 5.46. The number of hydrogen-bond acceptors (Lipinski definition) is 6. The van der Waals surface area contributed by atoms with Crippen molar-refractivity contribution in [3.8, 4) is 17.1 Å². The topological polar surface area (TPSA) is 69.6 Å². The van der Waals surface area contributed by atoms with Crippen LogP contribution in [0.2, 0.25) is 0 Å². The van der Waals surface area contributed by atoms with E-state index in [-0.39, 0.29) is 5.25 Å². The zero-order valence-electron chi connectivity index (χ0n) is 16.7. The van der Waals surface area contributed by atoms with Gasteiger partial charge < -0.3 is 4.52 Å². The van der Waals surface area contributed by atoms with Crippen molar-refractivity contribution >= 4 is 11.8 Å². The van der Waals surface area contributed by atoms with Crippen molar-refractivity contribution in [3.05, 3.63) is 71.9 Å². The van der Waals surface area contributed by atoms with Gasteiger partial charge in [-0.2, -0.15) is 4.98 Å². The van der Waals surface area contributed by atoms with Crippen molar-refractivity contribution in [3.63, 3.8) is 0 Å². The lowest BCUT2D eigenvalue weighted by atomic mass is 10.2. The van der Waals surface area contributed by atoms with E-state index in [0.717, 1.165) is 40.9 Å². The zero-order valence-corrected chi connectivity index (χ0v) is 17.6. The first-order valence-corrected chi connectivity index (χ1v) is 10.6. The van der Waals surface area contributed by atoms with Crippen molar-refractivity contribution in [1.29, 1.82) is 0 Å². The van der Waals surface area contributed by atoms with Crippen LogP contribution in [-0.2, 0) is 6.42 Å². The van der Waals surface area contributed by atoms with Gasteiger partial charge >= 0.3 is 0 Å². The zero-order chi connectivity index (χ0) is 20.2. The molecule has 0 bridgehead atoms. The fourth-order valence-corrected chi connectivity index (χ4v) is 3.91. The average Bonchev–Trinajstić information content (AvgIpc) is 3.37. The standard InChI is InChI=1S/C22H23N5OS/c1-4-8-19-23-21(28-26-19)16(3)29-22-25-24-20(17-9-6-5-7-10-17)27(22)18-13-11-15(2)12-14-18/h5-7,9-14,16H,4,8H2,1-3H3. The Hall–Kier alpha value is -2.93. The van der Waals surface area contributed by atoms with Gasteiger partial charge in [0.25, 0.3) is 0 Å². The van der Waals surface area contributed by atoms with Crippen LogP contribution in [0.1, 0.15) is 42.8 Å². The summed E-state index contributed by atoms with van der Waals surface area (Å²) in [5.41, 5.74) is 3.24. The normalized spacial score (nSPS) is 12.2. The van der Waals surface area contributed by atoms with Crippen molar-refractivity contribution in [2.75, 3.05) is 0 Å². The monoisotopic (exact) mass is 405 g/mol. The molecule has 0 saturated carbocycles. The predicted molar refractivity (Wildman–Crippen MR) is 114 cm³/mol. The molecule has 0 aliphatic rings. The summed E-state index contributed by atoms with van der Waals surface area (Å²) in [6.07, 6.45) is 1.81. The Morgan fingerprint density at radius 2 is 1.79 bits per heavy atom. The van der Waals surface area contributed by atoms with E-state index >= 15 is 0 Å². The van der Waals surface area contributed by atoms with E-state index in [9.17, 15) is 0 Å². The van der Waals surface area contributed by atoms with Crippen molar-refractivity contribution in [2.24, 2.45) is 0 Å². The van der Waals surface area contributed by atoms with Gasteiger partial charge in [-0.25, -0.2) is 0 Å². The summed E-state index contributed by atoms with van der Waals surface area (Å²) in [6.45, 7) is 6.23. The first-order valence-electron chi connectivity index (χ1n) is 9.72. The molecule has 0 aliphatic carbocycles. The molecular weight excluding hydrogens is 382 g/mol. The second-order valence-electron chi connectivity index (χ2n) is 6.90. The van der Waals surface area contributed by atoms with E-state index in [4.69, 9.17) is 4.52 Å². The number of nitrogens with zero attached hydrogens (tertiary/aromatic N) is 5. The molecule has 0 spiro atoms. The predicted octanol–water partition coefficient (Wildman–Crippen LogP) is 5.43. The Morgan fingerprint density at radius 1 is 1.03 bits per heavy atom. The van der Waals surface area contributed by atoms with Crippen LogP contribution in [0.4, 0.5) is 0 Å². The Morgan fingerprint density at radius 3 is 2.52 bits per heavy atom. The lowest BCUT2D eigenvalue weighted by molar-refractivity contribution is 0.374. The molecule has 0 aliphatic heterocycles. The van der Waals surface area contributed by atoms with E-state index in [0.29, 0.717) is 5.89 Å². The Labute approximate surface area is 174 Å². The number of aryl methyl sites for hydroxylation is 2. The highest BCUT2D eigenvalue weighted by molar-refractivity contribution is 7.99. The summed E-state index contributed by atoms with van der Waals surface area (Å²) >= 11 is 1.56. The van der Waals surface area contributed by atoms with Crippen molar-refractivity contribution in [2.45, 2.75) is 44.0 Å². The summed E-state index contributed by atoms with van der Waals surface area (Å²) in [7, 11) is 0. The number of aromatic nitrogens is 5. The fourth-order valence-electron chi connectivity index (χ4n) is 3.01. The molecule has 1 unspecified atom stereocenters. The third kappa shape index (κ3) is 4.24. The smallest absolute Gasteiger partial charge is 0.239 e. The molecule has 2 aromatic carbocycles. The van der Waals surface area contributed by atoms with Gasteiger partial charge in [-0.3, -0.25) is 4.57 Å². The number of rotatable bonds is 7. The van der Waals surface area contributed by atoms with Crippen LogP contribution in [-0.4, -0.2) is 24.9 Å². The van der Waals surface area contributed by atoms with E-state index in [1.165, 1.54) is 5.56 Å². The minimum absolute atomic E-state index is 0.0369. The van der Waals surface area contributed by atoms with Gasteiger partial charge in [-0.05, 0) is 32.4 Å². The average molecular weight is 406 g/mol.